The first-order valence-electron chi connectivity index (χ1n) is 13.2. The highest BCUT2D eigenvalue weighted by molar-refractivity contribution is 6.03. The van der Waals surface area contributed by atoms with Crippen LogP contribution in [0.25, 0.3) is 0 Å². The molecule has 3 atom stereocenters. The van der Waals surface area contributed by atoms with Crippen LogP contribution in [0.15, 0.2) is 30.4 Å². The van der Waals surface area contributed by atoms with Gasteiger partial charge in [-0.05, 0) is 55.2 Å². The third-order valence-electron chi connectivity index (χ3n) is 7.31. The van der Waals surface area contributed by atoms with Crippen molar-refractivity contribution in [2.75, 3.05) is 13.1 Å². The summed E-state index contributed by atoms with van der Waals surface area (Å²) in [5.41, 5.74) is -0.715. The highest BCUT2D eigenvalue weighted by atomic mass is 19.2. The van der Waals surface area contributed by atoms with E-state index in [9.17, 15) is 36.3 Å². The van der Waals surface area contributed by atoms with Crippen molar-refractivity contribution in [1.82, 2.24) is 10.6 Å². The minimum atomic E-state index is -2.41. The number of unbranched alkanes of at least 4 members (excludes halogenated alkanes) is 3. The molecule has 1 saturated carbocycles. The number of fused-ring (bicyclic) bond motifs is 2. The van der Waals surface area contributed by atoms with Crippen LogP contribution in [0.3, 0.4) is 0 Å². The Bertz CT molecular complexity index is 1320. The minimum absolute atomic E-state index is 0.110. The molecular formula is C29H29F5N2O4. The Hall–Kier alpha value is -3.76. The molecule has 2 amide bonds. The summed E-state index contributed by atoms with van der Waals surface area (Å²) in [7, 11) is 0. The van der Waals surface area contributed by atoms with Crippen LogP contribution >= 0.6 is 0 Å². The molecule has 2 N–H and O–H groups in total. The maximum atomic E-state index is 14.1. The van der Waals surface area contributed by atoms with Gasteiger partial charge in [0.25, 0.3) is 11.8 Å². The molecular weight excluding hydrogens is 535 g/mol. The maximum Gasteiger partial charge on any atom is 0.343 e. The first kappa shape index (κ1) is 29.2. The summed E-state index contributed by atoms with van der Waals surface area (Å²) in [6.07, 6.45) is 9.82. The molecule has 0 aliphatic heterocycles. The number of ether oxygens (including phenoxy) is 1. The lowest BCUT2D eigenvalue weighted by atomic mass is 9.93. The highest BCUT2D eigenvalue weighted by Gasteiger charge is 2.35. The van der Waals surface area contributed by atoms with E-state index in [2.05, 4.69) is 27.5 Å². The van der Waals surface area contributed by atoms with Crippen LogP contribution in [-0.4, -0.2) is 30.9 Å². The molecule has 2 aromatic carbocycles. The lowest BCUT2D eigenvalue weighted by Gasteiger charge is -2.18. The zero-order chi connectivity index (χ0) is 29.0. The zero-order valence-corrected chi connectivity index (χ0v) is 21.8. The van der Waals surface area contributed by atoms with Crippen molar-refractivity contribution in [2.45, 2.75) is 45.4 Å². The van der Waals surface area contributed by atoms with E-state index in [0.29, 0.717) is 31.3 Å². The van der Waals surface area contributed by atoms with Gasteiger partial charge < -0.3 is 15.4 Å². The number of nitrogens with one attached hydrogen (secondary N) is 2. The van der Waals surface area contributed by atoms with Gasteiger partial charge in [0.2, 0.25) is 34.8 Å². The SMILES string of the molecule is CCCCCCNC(=O)c1cc(C(=O)NCC2CC3C=CC2C3)cc(C(=O)Oc2c(F)c(F)c(F)c(F)c2F)c1. The van der Waals surface area contributed by atoms with Gasteiger partial charge in [0.05, 0.1) is 5.56 Å². The van der Waals surface area contributed by atoms with Gasteiger partial charge in [0.1, 0.15) is 0 Å². The van der Waals surface area contributed by atoms with Gasteiger partial charge in [-0.15, -0.1) is 0 Å². The molecule has 11 heteroatoms. The van der Waals surface area contributed by atoms with Gasteiger partial charge in [-0.3, -0.25) is 9.59 Å². The maximum absolute atomic E-state index is 14.1. The summed E-state index contributed by atoms with van der Waals surface area (Å²) in [6.45, 7) is 2.73. The van der Waals surface area contributed by atoms with Crippen molar-refractivity contribution in [3.05, 3.63) is 76.1 Å². The number of esters is 1. The fourth-order valence-electron chi connectivity index (χ4n) is 5.14. The number of benzene rings is 2. The quantitative estimate of drug-likeness (QED) is 0.0682. The Balaban J connectivity index is 1.56. The van der Waals surface area contributed by atoms with Crippen LogP contribution in [0.4, 0.5) is 22.0 Å². The highest BCUT2D eigenvalue weighted by Crippen LogP contribution is 2.43. The fraction of sp³-hybridized carbons (Fsp3) is 0.414. The number of allylic oxidation sites excluding steroid dienone is 2. The van der Waals surface area contributed by atoms with E-state index in [1.165, 1.54) is 6.07 Å². The Morgan fingerprint density at radius 1 is 0.775 bits per heavy atom. The Morgan fingerprint density at radius 2 is 1.38 bits per heavy atom. The van der Waals surface area contributed by atoms with Crippen molar-refractivity contribution in [3.8, 4) is 5.75 Å². The van der Waals surface area contributed by atoms with E-state index in [-0.39, 0.29) is 17.0 Å². The Kier molecular flexibility index (Phi) is 9.21. The first-order valence-corrected chi connectivity index (χ1v) is 13.2. The van der Waals surface area contributed by atoms with Crippen molar-refractivity contribution in [1.29, 1.82) is 0 Å². The number of carbonyl (C=O) groups is 3. The van der Waals surface area contributed by atoms with E-state index >= 15 is 0 Å². The molecule has 2 aliphatic carbocycles. The summed E-state index contributed by atoms with van der Waals surface area (Å²) in [4.78, 5) is 38.6. The molecule has 2 aliphatic rings. The van der Waals surface area contributed by atoms with E-state index < -0.39 is 58.2 Å². The number of carbonyl (C=O) groups excluding carboxylic acids is 3. The van der Waals surface area contributed by atoms with E-state index in [1.807, 2.05) is 6.92 Å². The molecule has 6 nitrogen and oxygen atoms in total. The number of hydrogen-bond donors (Lipinski definition) is 2. The molecule has 0 spiro atoms. The van der Waals surface area contributed by atoms with Gasteiger partial charge in [-0.1, -0.05) is 38.3 Å². The molecule has 40 heavy (non-hydrogen) atoms. The van der Waals surface area contributed by atoms with Crippen molar-refractivity contribution < 1.29 is 41.1 Å². The van der Waals surface area contributed by atoms with Crippen LogP contribution in [0.2, 0.25) is 0 Å². The molecule has 4 rings (SSSR count). The smallest absolute Gasteiger partial charge is 0.343 e. The first-order chi connectivity index (χ1) is 19.1. The molecule has 1 fully saturated rings. The lowest BCUT2D eigenvalue weighted by Crippen LogP contribution is -2.31. The Labute approximate surface area is 228 Å². The standard InChI is InChI=1S/C29H29F5N2O4/c1-2-3-4-5-8-35-27(37)17-11-18(28(38)36-14-20-10-15-6-7-16(20)9-15)13-19(12-17)29(39)40-26-24(33)22(31)21(30)23(32)25(26)34/h6-7,11-13,15-16,20H,2-5,8-10,14H2,1H3,(H,35,37)(H,36,38). The molecule has 2 aromatic rings. The topological polar surface area (TPSA) is 84.5 Å². The molecule has 214 valence electrons. The predicted molar refractivity (Wildman–Crippen MR) is 135 cm³/mol. The van der Waals surface area contributed by atoms with Crippen LogP contribution in [-0.2, 0) is 0 Å². The van der Waals surface area contributed by atoms with Gasteiger partial charge in [-0.25, -0.2) is 18.0 Å². The van der Waals surface area contributed by atoms with E-state index in [1.54, 1.807) is 0 Å². The minimum Gasteiger partial charge on any atom is -0.416 e. The summed E-state index contributed by atoms with van der Waals surface area (Å²) in [5.74, 6) is -15.1. The van der Waals surface area contributed by atoms with Crippen molar-refractivity contribution in [3.63, 3.8) is 0 Å². The second kappa shape index (κ2) is 12.6. The molecule has 0 saturated heterocycles. The molecule has 0 heterocycles. The zero-order valence-electron chi connectivity index (χ0n) is 21.8. The third-order valence-corrected chi connectivity index (χ3v) is 7.31. The molecule has 0 radical (unpaired) electrons. The fourth-order valence-corrected chi connectivity index (χ4v) is 5.14. The molecule has 2 bridgehead atoms. The number of amides is 2. The number of halogens is 5. The third kappa shape index (κ3) is 6.34. The van der Waals surface area contributed by atoms with Gasteiger partial charge in [0.15, 0.2) is 0 Å². The van der Waals surface area contributed by atoms with E-state index in [4.69, 9.17) is 0 Å². The normalized spacial score (nSPS) is 19.1. The number of hydrogen-bond acceptors (Lipinski definition) is 4. The Morgan fingerprint density at radius 3 is 1.95 bits per heavy atom. The largest absolute Gasteiger partial charge is 0.416 e. The average molecular weight is 565 g/mol. The van der Waals surface area contributed by atoms with Crippen LogP contribution in [0, 0.1) is 46.8 Å². The van der Waals surface area contributed by atoms with Gasteiger partial charge in [0, 0.05) is 24.2 Å². The average Bonchev–Trinajstić information content (AvgIpc) is 3.59. The molecule has 3 unspecified atom stereocenters. The molecule has 0 aromatic heterocycles. The van der Waals surface area contributed by atoms with Crippen LogP contribution in [0.1, 0.15) is 76.5 Å². The van der Waals surface area contributed by atoms with Crippen molar-refractivity contribution >= 4 is 17.8 Å². The van der Waals surface area contributed by atoms with E-state index in [0.717, 1.165) is 44.2 Å². The second-order valence-corrected chi connectivity index (χ2v) is 10.2. The van der Waals surface area contributed by atoms with Crippen LogP contribution in [0.5, 0.6) is 5.75 Å². The van der Waals surface area contributed by atoms with Gasteiger partial charge in [-0.2, -0.15) is 8.78 Å². The van der Waals surface area contributed by atoms with Crippen LogP contribution < -0.4 is 15.4 Å². The lowest BCUT2D eigenvalue weighted by molar-refractivity contribution is 0.0716. The summed E-state index contributed by atoms with van der Waals surface area (Å²) < 4.78 is 73.3. The van der Waals surface area contributed by atoms with Crippen molar-refractivity contribution in [2.24, 2.45) is 17.8 Å². The summed E-state index contributed by atoms with van der Waals surface area (Å²) in [5, 5.41) is 5.48. The number of rotatable bonds is 11. The predicted octanol–water partition coefficient (Wildman–Crippen LogP) is 5.85. The van der Waals surface area contributed by atoms with Gasteiger partial charge >= 0.3 is 5.97 Å². The summed E-state index contributed by atoms with van der Waals surface area (Å²) >= 11 is 0. The second-order valence-electron chi connectivity index (χ2n) is 10.2. The summed E-state index contributed by atoms with van der Waals surface area (Å²) in [6, 6.07) is 3.31. The monoisotopic (exact) mass is 564 g/mol.